The van der Waals surface area contributed by atoms with Crippen molar-refractivity contribution in [3.63, 3.8) is 0 Å². The van der Waals surface area contributed by atoms with Gasteiger partial charge in [-0.25, -0.2) is 5.14 Å². The average Bonchev–Trinajstić information content (AvgIpc) is 2.12. The van der Waals surface area contributed by atoms with Gasteiger partial charge in [0.2, 0.25) is 0 Å². The highest BCUT2D eigenvalue weighted by Gasteiger charge is 2.17. The van der Waals surface area contributed by atoms with E-state index < -0.39 is 10.2 Å². The molecule has 0 bridgehead atoms. The normalized spacial score (nSPS) is 19.7. The molecule has 0 spiro atoms. The Kier molecular flexibility index (Phi) is 4.31. The fraction of sp³-hybridized carbons (Fsp3) is 1.00. The van der Waals surface area contributed by atoms with Crippen molar-refractivity contribution in [1.29, 1.82) is 0 Å². The summed E-state index contributed by atoms with van der Waals surface area (Å²) < 4.78 is 23.3. The van der Waals surface area contributed by atoms with Crippen molar-refractivity contribution in [2.75, 3.05) is 0 Å². The highest BCUT2D eigenvalue weighted by molar-refractivity contribution is 7.87. The molecular formula is C5H13ClN2O2S. The fourth-order valence-electron chi connectivity index (χ4n) is 1.28. The van der Waals surface area contributed by atoms with Crippen LogP contribution in [0.1, 0.15) is 25.7 Å². The quantitative estimate of drug-likeness (QED) is 0.666. The van der Waals surface area contributed by atoms with Gasteiger partial charge in [0.15, 0.2) is 0 Å². The largest absolute Gasteiger partial charge is 0.274 e. The maximum atomic E-state index is 10.5. The summed E-state index contributed by atoms with van der Waals surface area (Å²) in [6.07, 6.45) is 4.06. The van der Waals surface area contributed by atoms with Crippen LogP contribution < -0.4 is 9.86 Å². The zero-order valence-electron chi connectivity index (χ0n) is 6.12. The molecule has 0 aliphatic heterocycles. The second kappa shape index (κ2) is 4.25. The van der Waals surface area contributed by atoms with E-state index in [1.807, 2.05) is 0 Å². The van der Waals surface area contributed by atoms with E-state index in [4.69, 9.17) is 5.14 Å². The third-order valence-corrected chi connectivity index (χ3v) is 2.35. The number of hydrogen-bond acceptors (Lipinski definition) is 2. The molecule has 0 heterocycles. The van der Waals surface area contributed by atoms with Gasteiger partial charge in [-0.05, 0) is 12.8 Å². The van der Waals surface area contributed by atoms with E-state index in [1.54, 1.807) is 0 Å². The van der Waals surface area contributed by atoms with E-state index in [2.05, 4.69) is 4.72 Å². The first-order chi connectivity index (χ1) is 4.58. The van der Waals surface area contributed by atoms with Crippen molar-refractivity contribution in [3.8, 4) is 0 Å². The molecule has 0 aromatic carbocycles. The van der Waals surface area contributed by atoms with E-state index in [0.717, 1.165) is 25.7 Å². The Bertz CT molecular complexity index is 199. The van der Waals surface area contributed by atoms with Crippen molar-refractivity contribution in [3.05, 3.63) is 0 Å². The van der Waals surface area contributed by atoms with Gasteiger partial charge in [-0.15, -0.1) is 12.4 Å². The summed E-state index contributed by atoms with van der Waals surface area (Å²) in [6, 6.07) is 0.0926. The maximum absolute atomic E-state index is 10.5. The number of nitrogens with two attached hydrogens (primary N) is 1. The third kappa shape index (κ3) is 4.58. The molecule has 1 rings (SSSR count). The van der Waals surface area contributed by atoms with Crippen LogP contribution in [0.5, 0.6) is 0 Å². The highest BCUT2D eigenvalue weighted by atomic mass is 35.5. The molecule has 4 nitrogen and oxygen atoms in total. The molecule has 11 heavy (non-hydrogen) atoms. The molecule has 0 aromatic heterocycles. The Labute approximate surface area is 73.1 Å². The lowest BCUT2D eigenvalue weighted by molar-refractivity contribution is 0.554. The molecule has 1 saturated carbocycles. The van der Waals surface area contributed by atoms with Crippen molar-refractivity contribution in [1.82, 2.24) is 4.72 Å². The van der Waals surface area contributed by atoms with Gasteiger partial charge in [0.1, 0.15) is 0 Å². The van der Waals surface area contributed by atoms with Crippen LogP contribution in [0, 0.1) is 0 Å². The molecule has 6 heteroatoms. The predicted octanol–water partition coefficient (Wildman–Crippen LogP) is 0.144. The standard InChI is InChI=1S/C5H12N2O2S.ClH/c6-10(8,9)7-5-3-1-2-4-5;/h5,7H,1-4H2,(H2,6,8,9);1H. The topological polar surface area (TPSA) is 72.2 Å². The number of nitrogens with one attached hydrogen (secondary N) is 1. The first kappa shape index (κ1) is 11.2. The van der Waals surface area contributed by atoms with Gasteiger partial charge in [-0.1, -0.05) is 12.8 Å². The molecule has 0 radical (unpaired) electrons. The van der Waals surface area contributed by atoms with Gasteiger partial charge in [0.25, 0.3) is 10.2 Å². The molecule has 1 aliphatic carbocycles. The van der Waals surface area contributed by atoms with Crippen LogP contribution >= 0.6 is 12.4 Å². The Morgan fingerprint density at radius 1 is 1.27 bits per heavy atom. The molecule has 0 atom stereocenters. The summed E-state index contributed by atoms with van der Waals surface area (Å²) in [5.74, 6) is 0. The Balaban J connectivity index is 0.000001000. The Hall–Kier alpha value is 0.160. The second-order valence-electron chi connectivity index (χ2n) is 2.64. The smallest absolute Gasteiger partial charge is 0.216 e. The minimum atomic E-state index is -3.46. The summed E-state index contributed by atoms with van der Waals surface area (Å²) in [6.45, 7) is 0. The predicted molar refractivity (Wildman–Crippen MR) is 45.7 cm³/mol. The number of hydrogen-bond donors (Lipinski definition) is 2. The van der Waals surface area contributed by atoms with E-state index in [0.29, 0.717) is 0 Å². The van der Waals surface area contributed by atoms with Gasteiger partial charge >= 0.3 is 0 Å². The Morgan fingerprint density at radius 3 is 2.09 bits per heavy atom. The average molecular weight is 201 g/mol. The van der Waals surface area contributed by atoms with Crippen LogP contribution in [0.15, 0.2) is 0 Å². The van der Waals surface area contributed by atoms with Crippen LogP contribution in [0.2, 0.25) is 0 Å². The summed E-state index contributed by atoms with van der Waals surface area (Å²) in [5.41, 5.74) is 0. The fourth-order valence-corrected chi connectivity index (χ4v) is 1.98. The molecule has 0 unspecified atom stereocenters. The van der Waals surface area contributed by atoms with Crippen LogP contribution in [0.4, 0.5) is 0 Å². The van der Waals surface area contributed by atoms with Crippen LogP contribution in [-0.2, 0) is 10.2 Å². The molecule has 0 amide bonds. The van der Waals surface area contributed by atoms with Gasteiger partial charge in [0, 0.05) is 6.04 Å². The summed E-state index contributed by atoms with van der Waals surface area (Å²) in [4.78, 5) is 0. The molecule has 3 N–H and O–H groups in total. The van der Waals surface area contributed by atoms with Gasteiger partial charge in [-0.3, -0.25) is 0 Å². The lowest BCUT2D eigenvalue weighted by Gasteiger charge is -2.07. The molecule has 0 saturated heterocycles. The minimum absolute atomic E-state index is 0. The lowest BCUT2D eigenvalue weighted by atomic mass is 10.3. The molecular weight excluding hydrogens is 188 g/mol. The van der Waals surface area contributed by atoms with Crippen molar-refractivity contribution < 1.29 is 8.42 Å². The lowest BCUT2D eigenvalue weighted by Crippen LogP contribution is -2.37. The number of halogens is 1. The summed E-state index contributed by atoms with van der Waals surface area (Å²) in [5, 5.41) is 4.78. The molecule has 1 aliphatic rings. The van der Waals surface area contributed by atoms with E-state index in [-0.39, 0.29) is 18.4 Å². The zero-order valence-corrected chi connectivity index (χ0v) is 7.75. The SMILES string of the molecule is Cl.NS(=O)(=O)NC1CCCC1. The van der Waals surface area contributed by atoms with Crippen molar-refractivity contribution >= 4 is 22.6 Å². The Morgan fingerprint density at radius 2 is 1.73 bits per heavy atom. The first-order valence-electron chi connectivity index (χ1n) is 3.38. The van der Waals surface area contributed by atoms with Crippen LogP contribution in [0.25, 0.3) is 0 Å². The monoisotopic (exact) mass is 200 g/mol. The summed E-state index contributed by atoms with van der Waals surface area (Å²) in [7, 11) is -3.46. The molecule has 1 fully saturated rings. The molecule has 0 aromatic rings. The van der Waals surface area contributed by atoms with Crippen molar-refractivity contribution in [2.24, 2.45) is 5.14 Å². The van der Waals surface area contributed by atoms with Gasteiger partial charge < -0.3 is 0 Å². The zero-order chi connectivity index (χ0) is 7.61. The van der Waals surface area contributed by atoms with E-state index in [9.17, 15) is 8.42 Å². The highest BCUT2D eigenvalue weighted by Crippen LogP contribution is 2.17. The third-order valence-electron chi connectivity index (χ3n) is 1.69. The molecule has 68 valence electrons. The van der Waals surface area contributed by atoms with Crippen LogP contribution in [-0.4, -0.2) is 14.5 Å². The summed E-state index contributed by atoms with van der Waals surface area (Å²) >= 11 is 0. The first-order valence-corrected chi connectivity index (χ1v) is 4.92. The van der Waals surface area contributed by atoms with Gasteiger partial charge in [0.05, 0.1) is 0 Å². The van der Waals surface area contributed by atoms with Crippen LogP contribution in [0.3, 0.4) is 0 Å². The number of rotatable bonds is 2. The van der Waals surface area contributed by atoms with E-state index >= 15 is 0 Å². The minimum Gasteiger partial charge on any atom is -0.216 e. The van der Waals surface area contributed by atoms with E-state index in [1.165, 1.54) is 0 Å². The van der Waals surface area contributed by atoms with Gasteiger partial charge in [-0.2, -0.15) is 13.1 Å². The maximum Gasteiger partial charge on any atom is 0.274 e. The second-order valence-corrected chi connectivity index (χ2v) is 3.97. The van der Waals surface area contributed by atoms with Crippen molar-refractivity contribution in [2.45, 2.75) is 31.7 Å².